The lowest BCUT2D eigenvalue weighted by Gasteiger charge is -2.15. The fraction of sp³-hybridized carbons (Fsp3) is 0.680. The highest BCUT2D eigenvalue weighted by Crippen LogP contribution is 2.00. The van der Waals surface area contributed by atoms with Gasteiger partial charge >= 0.3 is 17.9 Å². The third-order valence-electron chi connectivity index (χ3n) is 5.05. The molecule has 0 rings (SSSR count). The molecule has 4 amide bonds. The molecule has 0 aromatic heterocycles. The van der Waals surface area contributed by atoms with E-state index in [0.29, 0.717) is 6.61 Å². The van der Waals surface area contributed by atoms with Crippen LogP contribution in [-0.2, 0) is 57.3 Å². The number of carbonyl (C=O) groups excluding carboxylic acids is 5. The smallest absolute Gasteiger partial charge is 0.326 e. The van der Waals surface area contributed by atoms with Crippen LogP contribution in [0.5, 0.6) is 0 Å². The van der Waals surface area contributed by atoms with Crippen LogP contribution in [0, 0.1) is 0 Å². The SMILES string of the molecule is CC(=O)COCCOCCNC(=O)COCCOCCNC(=O)CCC(NC(=O)CC(=O)NC(CC(=O)O)C(=O)O)C(=O)O. The Balaban J connectivity index is 3.98. The van der Waals surface area contributed by atoms with Gasteiger partial charge in [-0.1, -0.05) is 0 Å². The average Bonchev–Trinajstić information content (AvgIpc) is 2.92. The van der Waals surface area contributed by atoms with Crippen molar-refractivity contribution >= 4 is 47.3 Å². The van der Waals surface area contributed by atoms with Crippen LogP contribution in [0.1, 0.15) is 32.6 Å². The third kappa shape index (κ3) is 23.4. The Hall–Kier alpha value is -4.20. The average molecular weight is 637 g/mol. The number of carboxylic acid groups (broad SMARTS) is 3. The monoisotopic (exact) mass is 636 g/mol. The van der Waals surface area contributed by atoms with E-state index in [9.17, 15) is 43.5 Å². The van der Waals surface area contributed by atoms with Crippen LogP contribution in [-0.4, -0.2) is 141 Å². The van der Waals surface area contributed by atoms with E-state index in [2.05, 4.69) is 10.6 Å². The van der Waals surface area contributed by atoms with Gasteiger partial charge in [0.15, 0.2) is 5.78 Å². The van der Waals surface area contributed by atoms with Gasteiger partial charge in [-0.25, -0.2) is 9.59 Å². The number of hydrogen-bond acceptors (Lipinski definition) is 12. The molecule has 0 saturated heterocycles. The highest BCUT2D eigenvalue weighted by molar-refractivity contribution is 5.99. The summed E-state index contributed by atoms with van der Waals surface area (Å²) in [5.41, 5.74) is 0. The summed E-state index contributed by atoms with van der Waals surface area (Å²) in [5.74, 6) is -7.75. The van der Waals surface area contributed by atoms with Gasteiger partial charge in [-0.15, -0.1) is 0 Å². The Labute approximate surface area is 252 Å². The topological polar surface area (TPSA) is 282 Å². The zero-order valence-corrected chi connectivity index (χ0v) is 24.3. The molecule has 44 heavy (non-hydrogen) atoms. The lowest BCUT2D eigenvalue weighted by molar-refractivity contribution is -0.147. The summed E-state index contributed by atoms with van der Waals surface area (Å²) in [6, 6.07) is -3.30. The first-order valence-corrected chi connectivity index (χ1v) is 13.4. The zero-order valence-electron chi connectivity index (χ0n) is 24.3. The molecule has 2 atom stereocenters. The van der Waals surface area contributed by atoms with Crippen molar-refractivity contribution in [3.05, 3.63) is 0 Å². The number of aliphatic carboxylic acids is 3. The Morgan fingerprint density at radius 3 is 1.57 bits per heavy atom. The fourth-order valence-electron chi connectivity index (χ4n) is 3.03. The van der Waals surface area contributed by atoms with Gasteiger partial charge in [-0.05, 0) is 13.3 Å². The molecule has 0 radical (unpaired) electrons. The molecule has 250 valence electrons. The van der Waals surface area contributed by atoms with E-state index in [1.807, 2.05) is 10.6 Å². The van der Waals surface area contributed by atoms with Gasteiger partial charge in [0, 0.05) is 19.5 Å². The van der Waals surface area contributed by atoms with Crippen LogP contribution in [0.15, 0.2) is 0 Å². The van der Waals surface area contributed by atoms with Gasteiger partial charge in [0.05, 0.1) is 46.1 Å². The number of rotatable bonds is 27. The molecule has 2 unspecified atom stereocenters. The van der Waals surface area contributed by atoms with Crippen molar-refractivity contribution in [1.29, 1.82) is 0 Å². The van der Waals surface area contributed by atoms with Crippen molar-refractivity contribution in [3.8, 4) is 0 Å². The number of ether oxygens (including phenoxy) is 4. The van der Waals surface area contributed by atoms with E-state index in [1.165, 1.54) is 6.92 Å². The summed E-state index contributed by atoms with van der Waals surface area (Å²) < 4.78 is 20.7. The number of carboxylic acids is 3. The lowest BCUT2D eigenvalue weighted by atomic mass is 10.1. The second-order valence-electron chi connectivity index (χ2n) is 8.96. The van der Waals surface area contributed by atoms with Crippen LogP contribution >= 0.6 is 0 Å². The summed E-state index contributed by atoms with van der Waals surface area (Å²) in [6.07, 6.45) is -2.49. The van der Waals surface area contributed by atoms with Gasteiger partial charge in [0.1, 0.15) is 31.7 Å². The first-order chi connectivity index (χ1) is 20.8. The van der Waals surface area contributed by atoms with Gasteiger partial charge < -0.3 is 55.5 Å². The molecule has 0 aromatic rings. The number of ketones is 1. The quantitative estimate of drug-likeness (QED) is 0.0343. The molecule has 0 aliphatic carbocycles. The van der Waals surface area contributed by atoms with Gasteiger partial charge in [0.2, 0.25) is 23.6 Å². The minimum absolute atomic E-state index is 0.0292. The summed E-state index contributed by atoms with van der Waals surface area (Å²) >= 11 is 0. The Morgan fingerprint density at radius 1 is 0.591 bits per heavy atom. The molecular formula is C25H40N4O15. The molecule has 0 aliphatic heterocycles. The van der Waals surface area contributed by atoms with Crippen LogP contribution in [0.4, 0.5) is 0 Å². The minimum Gasteiger partial charge on any atom is -0.481 e. The van der Waals surface area contributed by atoms with Gasteiger partial charge in [-0.2, -0.15) is 0 Å². The summed E-state index contributed by atoms with van der Waals surface area (Å²) in [5, 5.41) is 35.8. The lowest BCUT2D eigenvalue weighted by Crippen LogP contribution is -2.46. The predicted molar refractivity (Wildman–Crippen MR) is 145 cm³/mol. The second-order valence-corrected chi connectivity index (χ2v) is 8.96. The number of Topliss-reactive ketones (excluding diaryl/α,β-unsaturated/α-hetero) is 1. The maximum atomic E-state index is 12.0. The Bertz CT molecular complexity index is 975. The first-order valence-electron chi connectivity index (χ1n) is 13.4. The number of carbonyl (C=O) groups is 8. The van der Waals surface area contributed by atoms with Crippen molar-refractivity contribution in [2.45, 2.75) is 44.7 Å². The van der Waals surface area contributed by atoms with E-state index >= 15 is 0 Å². The van der Waals surface area contributed by atoms with Crippen LogP contribution in [0.25, 0.3) is 0 Å². The molecule has 19 nitrogen and oxygen atoms in total. The first kappa shape index (κ1) is 39.8. The van der Waals surface area contributed by atoms with Crippen molar-refractivity contribution in [2.24, 2.45) is 0 Å². The Morgan fingerprint density at radius 2 is 1.07 bits per heavy atom. The summed E-state index contributed by atoms with van der Waals surface area (Å²) in [4.78, 5) is 91.2. The minimum atomic E-state index is -1.77. The molecule has 19 heteroatoms. The molecule has 0 fully saturated rings. The molecule has 0 spiro atoms. The third-order valence-corrected chi connectivity index (χ3v) is 5.05. The van der Waals surface area contributed by atoms with Crippen molar-refractivity contribution in [3.63, 3.8) is 0 Å². The van der Waals surface area contributed by atoms with E-state index in [4.69, 9.17) is 29.2 Å². The van der Waals surface area contributed by atoms with Crippen molar-refractivity contribution < 1.29 is 72.6 Å². The van der Waals surface area contributed by atoms with Crippen molar-refractivity contribution in [2.75, 3.05) is 65.9 Å². The number of amides is 4. The summed E-state index contributed by atoms with van der Waals surface area (Å²) in [6.45, 7) is 2.78. The number of hydrogen-bond donors (Lipinski definition) is 7. The van der Waals surface area contributed by atoms with Crippen LogP contribution in [0.3, 0.4) is 0 Å². The molecule has 7 N–H and O–H groups in total. The maximum Gasteiger partial charge on any atom is 0.326 e. The predicted octanol–water partition coefficient (Wildman–Crippen LogP) is -3.34. The summed E-state index contributed by atoms with van der Waals surface area (Å²) in [7, 11) is 0. The largest absolute Gasteiger partial charge is 0.481 e. The van der Waals surface area contributed by atoms with Crippen LogP contribution < -0.4 is 21.3 Å². The molecule has 0 heterocycles. The molecule has 0 aromatic carbocycles. The highest BCUT2D eigenvalue weighted by Gasteiger charge is 2.26. The van der Waals surface area contributed by atoms with Crippen molar-refractivity contribution in [1.82, 2.24) is 21.3 Å². The second kappa shape index (κ2) is 24.3. The molecule has 0 bridgehead atoms. The molecular weight excluding hydrogens is 596 g/mol. The normalized spacial score (nSPS) is 11.9. The number of nitrogens with one attached hydrogen (secondary N) is 4. The maximum absolute atomic E-state index is 12.0. The molecule has 0 saturated carbocycles. The van der Waals surface area contributed by atoms with E-state index in [-0.39, 0.29) is 83.9 Å². The van der Waals surface area contributed by atoms with Gasteiger partial charge in [0.25, 0.3) is 0 Å². The van der Waals surface area contributed by atoms with E-state index in [1.54, 1.807) is 0 Å². The van der Waals surface area contributed by atoms with Crippen LogP contribution in [0.2, 0.25) is 0 Å². The highest BCUT2D eigenvalue weighted by atomic mass is 16.5. The zero-order chi connectivity index (χ0) is 33.3. The fourth-order valence-corrected chi connectivity index (χ4v) is 3.03. The standard InChI is InChI=1S/C25H40N4O15/c1-16(30)14-43-10-8-42-7-5-27-22(34)15-44-11-9-41-6-4-26-19(31)3-2-17(24(37)38)28-20(32)13-21(33)29-18(25(39)40)12-23(35)36/h17-18H,2-15H2,1H3,(H,26,31)(H,27,34)(H,28,32)(H,29,33)(H,35,36)(H,37,38)(H,39,40). The Kier molecular flexibility index (Phi) is 21.9. The molecule has 0 aliphatic rings. The van der Waals surface area contributed by atoms with E-state index < -0.39 is 60.6 Å². The van der Waals surface area contributed by atoms with E-state index in [0.717, 1.165) is 0 Å². The van der Waals surface area contributed by atoms with Gasteiger partial charge in [-0.3, -0.25) is 28.8 Å².